The van der Waals surface area contributed by atoms with Crippen LogP contribution in [0.1, 0.15) is 37.7 Å². The molecule has 172 valence electrons. The third kappa shape index (κ3) is 6.53. The highest BCUT2D eigenvalue weighted by atomic mass is 35.5. The highest BCUT2D eigenvalue weighted by molar-refractivity contribution is 6.32. The Bertz CT molecular complexity index is 930. The molecule has 0 atom stereocenters. The molecule has 1 fully saturated rings. The van der Waals surface area contributed by atoms with E-state index < -0.39 is 5.91 Å². The molecule has 0 saturated heterocycles. The Labute approximate surface area is 193 Å². The number of benzene rings is 2. The van der Waals surface area contributed by atoms with Crippen LogP contribution in [0.2, 0.25) is 5.02 Å². The van der Waals surface area contributed by atoms with Crippen molar-refractivity contribution in [2.75, 3.05) is 20.3 Å². The molecule has 2 aromatic carbocycles. The quantitative estimate of drug-likeness (QED) is 0.579. The van der Waals surface area contributed by atoms with Gasteiger partial charge in [0.2, 0.25) is 0 Å². The normalized spacial score (nSPS) is 13.9. The van der Waals surface area contributed by atoms with Gasteiger partial charge in [-0.25, -0.2) is 0 Å². The molecule has 0 bridgehead atoms. The Morgan fingerprint density at radius 3 is 2.41 bits per heavy atom. The zero-order valence-corrected chi connectivity index (χ0v) is 19.0. The van der Waals surface area contributed by atoms with Crippen LogP contribution in [0.5, 0.6) is 17.2 Å². The van der Waals surface area contributed by atoms with Gasteiger partial charge < -0.3 is 24.8 Å². The minimum absolute atomic E-state index is 0.0861. The molecular formula is C24H29ClN2O5. The number of halogens is 1. The summed E-state index contributed by atoms with van der Waals surface area (Å²) < 4.78 is 16.5. The molecule has 0 aromatic heterocycles. The summed E-state index contributed by atoms with van der Waals surface area (Å²) in [6, 6.07) is 12.7. The van der Waals surface area contributed by atoms with Crippen molar-refractivity contribution in [1.82, 2.24) is 4.90 Å². The standard InChI is InChI=1S/C24H29ClN2O5/c1-30-22-13-17(11-12-21(22)31-15-23(26)28)14-27(18-7-3-2-4-8-18)24(29)16-32-20-10-6-5-9-19(20)25/h5-6,9-13,18H,2-4,7-8,14-16H2,1H3,(H2,26,28). The molecule has 3 rings (SSSR count). The summed E-state index contributed by atoms with van der Waals surface area (Å²) in [7, 11) is 1.53. The van der Waals surface area contributed by atoms with Gasteiger partial charge in [-0.1, -0.05) is 49.1 Å². The molecule has 2 amide bonds. The van der Waals surface area contributed by atoms with Crippen molar-refractivity contribution in [3.63, 3.8) is 0 Å². The van der Waals surface area contributed by atoms with Gasteiger partial charge in [0.25, 0.3) is 11.8 Å². The molecule has 32 heavy (non-hydrogen) atoms. The zero-order chi connectivity index (χ0) is 22.9. The maximum absolute atomic E-state index is 13.2. The van der Waals surface area contributed by atoms with Crippen molar-refractivity contribution in [3.8, 4) is 17.2 Å². The number of amides is 2. The van der Waals surface area contributed by atoms with Crippen molar-refractivity contribution >= 4 is 23.4 Å². The predicted octanol–water partition coefficient (Wildman–Crippen LogP) is 3.95. The maximum atomic E-state index is 13.2. The van der Waals surface area contributed by atoms with Crippen LogP contribution in [-0.2, 0) is 16.1 Å². The second kappa shape index (κ2) is 11.6. The Balaban J connectivity index is 1.74. The van der Waals surface area contributed by atoms with Gasteiger partial charge in [-0.15, -0.1) is 0 Å². The number of primary amides is 1. The summed E-state index contributed by atoms with van der Waals surface area (Å²) in [6.45, 7) is 0.0980. The zero-order valence-electron chi connectivity index (χ0n) is 18.2. The summed E-state index contributed by atoms with van der Waals surface area (Å²) in [4.78, 5) is 26.1. The lowest BCUT2D eigenvalue weighted by Crippen LogP contribution is -2.43. The summed E-state index contributed by atoms with van der Waals surface area (Å²) in [6.07, 6.45) is 5.32. The number of para-hydroxylation sites is 1. The van der Waals surface area contributed by atoms with Crippen LogP contribution in [0.4, 0.5) is 0 Å². The largest absolute Gasteiger partial charge is 0.493 e. The molecule has 0 unspecified atom stereocenters. The van der Waals surface area contributed by atoms with Gasteiger partial charge in [-0.2, -0.15) is 0 Å². The number of methoxy groups -OCH3 is 1. The van der Waals surface area contributed by atoms with E-state index in [1.165, 1.54) is 13.5 Å². The fourth-order valence-electron chi connectivity index (χ4n) is 3.87. The summed E-state index contributed by atoms with van der Waals surface area (Å²) in [5.41, 5.74) is 6.05. The molecule has 8 heteroatoms. The monoisotopic (exact) mass is 460 g/mol. The van der Waals surface area contributed by atoms with Crippen LogP contribution in [-0.4, -0.2) is 43.1 Å². The highest BCUT2D eigenvalue weighted by Gasteiger charge is 2.26. The Hall–Kier alpha value is -2.93. The SMILES string of the molecule is COc1cc(CN(C(=O)COc2ccccc2Cl)C2CCCCC2)ccc1OCC(N)=O. The molecule has 2 aromatic rings. The van der Waals surface area contributed by atoms with E-state index in [4.69, 9.17) is 31.5 Å². The van der Waals surface area contributed by atoms with Crippen molar-refractivity contribution in [2.24, 2.45) is 5.73 Å². The number of carbonyl (C=O) groups excluding carboxylic acids is 2. The van der Waals surface area contributed by atoms with Gasteiger partial charge in [0.1, 0.15) is 5.75 Å². The number of hydrogen-bond acceptors (Lipinski definition) is 5. The number of nitrogens with two attached hydrogens (primary N) is 1. The van der Waals surface area contributed by atoms with E-state index in [1.54, 1.807) is 18.2 Å². The van der Waals surface area contributed by atoms with Crippen molar-refractivity contribution < 1.29 is 23.8 Å². The first kappa shape index (κ1) is 23.7. The summed E-state index contributed by atoms with van der Waals surface area (Å²) in [5, 5.41) is 0.473. The van der Waals surface area contributed by atoms with Crippen molar-refractivity contribution in [1.29, 1.82) is 0 Å². The van der Waals surface area contributed by atoms with Crippen LogP contribution < -0.4 is 19.9 Å². The minimum Gasteiger partial charge on any atom is -0.493 e. The van der Waals surface area contributed by atoms with Gasteiger partial charge in [0, 0.05) is 12.6 Å². The average molecular weight is 461 g/mol. The molecule has 7 nitrogen and oxygen atoms in total. The maximum Gasteiger partial charge on any atom is 0.261 e. The number of nitrogens with zero attached hydrogens (tertiary/aromatic N) is 1. The van der Waals surface area contributed by atoms with Gasteiger partial charge in [-0.05, 0) is 42.7 Å². The third-order valence-corrected chi connectivity index (χ3v) is 5.79. The smallest absolute Gasteiger partial charge is 0.261 e. The van der Waals surface area contributed by atoms with E-state index in [2.05, 4.69) is 0 Å². The Morgan fingerprint density at radius 2 is 1.72 bits per heavy atom. The van der Waals surface area contributed by atoms with Crippen LogP contribution in [0.3, 0.4) is 0 Å². The second-order valence-electron chi connectivity index (χ2n) is 7.77. The highest BCUT2D eigenvalue weighted by Crippen LogP contribution is 2.30. The lowest BCUT2D eigenvalue weighted by Gasteiger charge is -2.34. The summed E-state index contributed by atoms with van der Waals surface area (Å²) >= 11 is 6.15. The molecule has 1 aliphatic carbocycles. The third-order valence-electron chi connectivity index (χ3n) is 5.47. The average Bonchev–Trinajstić information content (AvgIpc) is 2.81. The fourth-order valence-corrected chi connectivity index (χ4v) is 4.06. The van der Waals surface area contributed by atoms with E-state index in [1.807, 2.05) is 29.2 Å². The van der Waals surface area contributed by atoms with Crippen LogP contribution in [0, 0.1) is 0 Å². The van der Waals surface area contributed by atoms with Crippen molar-refractivity contribution in [2.45, 2.75) is 44.7 Å². The first-order valence-corrected chi connectivity index (χ1v) is 11.1. The van der Waals surface area contributed by atoms with Crippen LogP contribution in [0.15, 0.2) is 42.5 Å². The summed E-state index contributed by atoms with van der Waals surface area (Å²) in [5.74, 6) is 0.733. The molecule has 0 heterocycles. The van der Waals surface area contributed by atoms with E-state index >= 15 is 0 Å². The first-order chi connectivity index (χ1) is 15.5. The van der Waals surface area contributed by atoms with E-state index in [0.29, 0.717) is 28.8 Å². The Kier molecular flexibility index (Phi) is 8.62. The molecule has 1 saturated carbocycles. The van der Waals surface area contributed by atoms with E-state index in [0.717, 1.165) is 31.2 Å². The number of hydrogen-bond donors (Lipinski definition) is 1. The van der Waals surface area contributed by atoms with Crippen LogP contribution in [0.25, 0.3) is 0 Å². The predicted molar refractivity (Wildman–Crippen MR) is 122 cm³/mol. The van der Waals surface area contributed by atoms with E-state index in [9.17, 15) is 9.59 Å². The van der Waals surface area contributed by atoms with Gasteiger partial charge >= 0.3 is 0 Å². The number of rotatable bonds is 10. The number of carbonyl (C=O) groups is 2. The molecule has 0 spiro atoms. The molecule has 2 N–H and O–H groups in total. The Morgan fingerprint density at radius 1 is 1.00 bits per heavy atom. The van der Waals surface area contributed by atoms with Gasteiger partial charge in [0.05, 0.1) is 12.1 Å². The van der Waals surface area contributed by atoms with Crippen LogP contribution >= 0.6 is 11.6 Å². The van der Waals surface area contributed by atoms with Crippen molar-refractivity contribution in [3.05, 3.63) is 53.1 Å². The first-order valence-electron chi connectivity index (χ1n) is 10.7. The number of ether oxygens (including phenoxy) is 3. The van der Waals surface area contributed by atoms with Gasteiger partial charge in [0.15, 0.2) is 24.7 Å². The minimum atomic E-state index is -0.566. The lowest BCUT2D eigenvalue weighted by molar-refractivity contribution is -0.137. The second-order valence-corrected chi connectivity index (χ2v) is 8.18. The molecular weight excluding hydrogens is 432 g/mol. The molecule has 0 aliphatic heterocycles. The lowest BCUT2D eigenvalue weighted by atomic mass is 9.93. The molecule has 1 aliphatic rings. The molecule has 0 radical (unpaired) electrons. The topological polar surface area (TPSA) is 91.1 Å². The fraction of sp³-hybridized carbons (Fsp3) is 0.417. The van der Waals surface area contributed by atoms with E-state index in [-0.39, 0.29) is 25.2 Å². The van der Waals surface area contributed by atoms with Gasteiger partial charge in [-0.3, -0.25) is 9.59 Å².